The van der Waals surface area contributed by atoms with E-state index in [1.807, 2.05) is 6.07 Å². The average molecular weight is 245 g/mol. The minimum Gasteiger partial charge on any atom is -0.0840 e. The molecule has 0 spiro atoms. The standard InChI is InChI=1S/C16H17Cl/c1-11(2)15-10-14(8-9-16(15)17)13-6-4-12(3)5-7-13/h4-11H,1-3H3. The van der Waals surface area contributed by atoms with Crippen LogP contribution >= 0.6 is 11.6 Å². The van der Waals surface area contributed by atoms with Crippen molar-refractivity contribution in [1.82, 2.24) is 0 Å². The summed E-state index contributed by atoms with van der Waals surface area (Å²) in [6.45, 7) is 6.44. The Bertz CT molecular complexity index is 510. The van der Waals surface area contributed by atoms with E-state index in [-0.39, 0.29) is 0 Å². The zero-order valence-electron chi connectivity index (χ0n) is 10.5. The fourth-order valence-corrected chi connectivity index (χ4v) is 2.25. The Balaban J connectivity index is 2.46. The molecule has 0 nitrogen and oxygen atoms in total. The van der Waals surface area contributed by atoms with Crippen LogP contribution in [0.4, 0.5) is 0 Å². The highest BCUT2D eigenvalue weighted by molar-refractivity contribution is 6.31. The molecule has 0 amide bonds. The van der Waals surface area contributed by atoms with Crippen LogP contribution in [0.1, 0.15) is 30.9 Å². The molecule has 0 aliphatic rings. The Hall–Kier alpha value is -1.27. The highest BCUT2D eigenvalue weighted by Crippen LogP contribution is 2.29. The van der Waals surface area contributed by atoms with Crippen molar-refractivity contribution in [1.29, 1.82) is 0 Å². The lowest BCUT2D eigenvalue weighted by Crippen LogP contribution is -1.90. The molecule has 0 aromatic heterocycles. The van der Waals surface area contributed by atoms with Gasteiger partial charge in [-0.05, 0) is 41.7 Å². The van der Waals surface area contributed by atoms with Crippen molar-refractivity contribution in [3.05, 3.63) is 58.6 Å². The molecule has 17 heavy (non-hydrogen) atoms. The summed E-state index contributed by atoms with van der Waals surface area (Å²) in [7, 11) is 0. The largest absolute Gasteiger partial charge is 0.0840 e. The molecular formula is C16H17Cl. The van der Waals surface area contributed by atoms with Gasteiger partial charge in [-0.3, -0.25) is 0 Å². The fourth-order valence-electron chi connectivity index (χ4n) is 1.91. The zero-order valence-corrected chi connectivity index (χ0v) is 11.3. The first-order chi connectivity index (χ1) is 8.08. The number of benzene rings is 2. The van der Waals surface area contributed by atoms with Gasteiger partial charge in [-0.2, -0.15) is 0 Å². The normalized spacial score (nSPS) is 10.9. The minimum absolute atomic E-state index is 0.452. The summed E-state index contributed by atoms with van der Waals surface area (Å²) in [6, 6.07) is 14.9. The Morgan fingerprint density at radius 2 is 1.47 bits per heavy atom. The van der Waals surface area contributed by atoms with Gasteiger partial charge in [-0.25, -0.2) is 0 Å². The van der Waals surface area contributed by atoms with Crippen LogP contribution in [0.15, 0.2) is 42.5 Å². The first-order valence-corrected chi connectivity index (χ1v) is 6.32. The molecule has 0 bridgehead atoms. The summed E-state index contributed by atoms with van der Waals surface area (Å²) in [5.41, 5.74) is 4.98. The smallest absolute Gasteiger partial charge is 0.0441 e. The molecule has 0 N–H and O–H groups in total. The predicted octanol–water partition coefficient (Wildman–Crippen LogP) is 5.44. The van der Waals surface area contributed by atoms with Gasteiger partial charge in [0.15, 0.2) is 0 Å². The van der Waals surface area contributed by atoms with Crippen LogP contribution in [-0.2, 0) is 0 Å². The molecule has 2 aromatic rings. The van der Waals surface area contributed by atoms with Crippen molar-refractivity contribution in [2.45, 2.75) is 26.7 Å². The summed E-state index contributed by atoms with van der Waals surface area (Å²) >= 11 is 6.20. The number of rotatable bonds is 2. The van der Waals surface area contributed by atoms with Gasteiger partial charge in [0, 0.05) is 5.02 Å². The molecule has 0 heterocycles. The van der Waals surface area contributed by atoms with E-state index in [4.69, 9.17) is 11.6 Å². The van der Waals surface area contributed by atoms with E-state index in [0.717, 1.165) is 5.02 Å². The van der Waals surface area contributed by atoms with E-state index in [1.165, 1.54) is 22.3 Å². The Morgan fingerprint density at radius 3 is 2.06 bits per heavy atom. The molecule has 0 saturated carbocycles. The van der Waals surface area contributed by atoms with E-state index < -0.39 is 0 Å². The summed E-state index contributed by atoms with van der Waals surface area (Å²) in [5.74, 6) is 0.452. The quantitative estimate of drug-likeness (QED) is 0.660. The van der Waals surface area contributed by atoms with Crippen molar-refractivity contribution in [2.75, 3.05) is 0 Å². The topological polar surface area (TPSA) is 0 Å². The summed E-state index contributed by atoms with van der Waals surface area (Å²) in [4.78, 5) is 0. The maximum atomic E-state index is 6.20. The summed E-state index contributed by atoms with van der Waals surface area (Å²) in [5, 5.41) is 0.857. The monoisotopic (exact) mass is 244 g/mol. The molecule has 88 valence electrons. The first-order valence-electron chi connectivity index (χ1n) is 5.94. The third-order valence-electron chi connectivity index (χ3n) is 3.00. The number of hydrogen-bond donors (Lipinski definition) is 0. The number of hydrogen-bond acceptors (Lipinski definition) is 0. The Morgan fingerprint density at radius 1 is 0.882 bits per heavy atom. The van der Waals surface area contributed by atoms with E-state index in [9.17, 15) is 0 Å². The molecule has 0 unspecified atom stereocenters. The Labute approximate surface area is 108 Å². The van der Waals surface area contributed by atoms with Crippen molar-refractivity contribution in [3.63, 3.8) is 0 Å². The average Bonchev–Trinajstić information content (AvgIpc) is 2.30. The van der Waals surface area contributed by atoms with Crippen LogP contribution in [0.5, 0.6) is 0 Å². The highest BCUT2D eigenvalue weighted by atomic mass is 35.5. The van der Waals surface area contributed by atoms with Gasteiger partial charge in [0.05, 0.1) is 0 Å². The maximum Gasteiger partial charge on any atom is 0.0441 e. The third-order valence-corrected chi connectivity index (χ3v) is 3.35. The number of aryl methyl sites for hydroxylation is 1. The predicted molar refractivity (Wildman–Crippen MR) is 75.7 cm³/mol. The summed E-state index contributed by atoms with van der Waals surface area (Å²) < 4.78 is 0. The second-order valence-corrected chi connectivity index (χ2v) is 5.16. The van der Waals surface area contributed by atoms with Gasteiger partial charge in [0.25, 0.3) is 0 Å². The Kier molecular flexibility index (Phi) is 3.54. The third kappa shape index (κ3) is 2.70. The van der Waals surface area contributed by atoms with Gasteiger partial charge in [0.1, 0.15) is 0 Å². The first kappa shape index (κ1) is 12.2. The molecule has 1 heteroatoms. The van der Waals surface area contributed by atoms with Crippen molar-refractivity contribution in [3.8, 4) is 11.1 Å². The second kappa shape index (κ2) is 4.93. The molecule has 0 aliphatic heterocycles. The lowest BCUT2D eigenvalue weighted by Gasteiger charge is -2.11. The lowest BCUT2D eigenvalue weighted by atomic mass is 9.97. The van der Waals surface area contributed by atoms with Crippen LogP contribution in [0.25, 0.3) is 11.1 Å². The van der Waals surface area contributed by atoms with Crippen LogP contribution in [0.2, 0.25) is 5.02 Å². The van der Waals surface area contributed by atoms with Gasteiger partial charge in [-0.1, -0.05) is 61.3 Å². The van der Waals surface area contributed by atoms with E-state index >= 15 is 0 Å². The maximum absolute atomic E-state index is 6.20. The van der Waals surface area contributed by atoms with Crippen molar-refractivity contribution < 1.29 is 0 Å². The molecule has 0 atom stereocenters. The fraction of sp³-hybridized carbons (Fsp3) is 0.250. The van der Waals surface area contributed by atoms with Crippen LogP contribution in [0, 0.1) is 6.92 Å². The van der Waals surface area contributed by atoms with Gasteiger partial charge in [0.2, 0.25) is 0 Å². The highest BCUT2D eigenvalue weighted by Gasteiger charge is 2.07. The van der Waals surface area contributed by atoms with E-state index in [2.05, 4.69) is 57.2 Å². The van der Waals surface area contributed by atoms with Gasteiger partial charge >= 0.3 is 0 Å². The molecule has 0 fully saturated rings. The minimum atomic E-state index is 0.452. The molecule has 0 radical (unpaired) electrons. The molecule has 0 aliphatic carbocycles. The van der Waals surface area contributed by atoms with E-state index in [1.54, 1.807) is 0 Å². The number of halogens is 1. The van der Waals surface area contributed by atoms with Crippen LogP contribution in [-0.4, -0.2) is 0 Å². The molecule has 2 aromatic carbocycles. The van der Waals surface area contributed by atoms with Crippen molar-refractivity contribution in [2.24, 2.45) is 0 Å². The molecule has 2 rings (SSSR count). The van der Waals surface area contributed by atoms with Crippen LogP contribution in [0.3, 0.4) is 0 Å². The molecular weight excluding hydrogens is 228 g/mol. The van der Waals surface area contributed by atoms with E-state index in [0.29, 0.717) is 5.92 Å². The summed E-state index contributed by atoms with van der Waals surface area (Å²) in [6.07, 6.45) is 0. The SMILES string of the molecule is Cc1ccc(-c2ccc(Cl)c(C(C)C)c2)cc1. The van der Waals surface area contributed by atoms with Gasteiger partial charge in [-0.15, -0.1) is 0 Å². The lowest BCUT2D eigenvalue weighted by molar-refractivity contribution is 0.867. The molecule has 0 saturated heterocycles. The van der Waals surface area contributed by atoms with Crippen LogP contribution < -0.4 is 0 Å². The van der Waals surface area contributed by atoms with Gasteiger partial charge < -0.3 is 0 Å². The zero-order chi connectivity index (χ0) is 12.4. The van der Waals surface area contributed by atoms with Crippen molar-refractivity contribution >= 4 is 11.6 Å². The second-order valence-electron chi connectivity index (χ2n) is 4.76.